The molecule has 0 saturated heterocycles. The van der Waals surface area contributed by atoms with E-state index in [1.54, 1.807) is 31.3 Å². The first-order valence-electron chi connectivity index (χ1n) is 7.41. The molecule has 0 aromatic heterocycles. The molecule has 1 rings (SSSR count). The Hall–Kier alpha value is -2.77. The lowest BCUT2D eigenvalue weighted by Gasteiger charge is -2.18. The highest BCUT2D eigenvalue weighted by Crippen LogP contribution is 2.13. The smallest absolute Gasteiger partial charge is 0.343 e. The van der Waals surface area contributed by atoms with Crippen LogP contribution < -0.4 is 10.1 Å². The summed E-state index contributed by atoms with van der Waals surface area (Å²) in [7, 11) is 2.94. The van der Waals surface area contributed by atoms with Crippen LogP contribution in [-0.2, 0) is 20.9 Å². The predicted molar refractivity (Wildman–Crippen MR) is 85.7 cm³/mol. The summed E-state index contributed by atoms with van der Waals surface area (Å²) in [6, 6.07) is 6.72. The predicted octanol–water partition coefficient (Wildman–Crippen LogP) is 1.24. The molecule has 0 aliphatic heterocycles. The zero-order valence-electron chi connectivity index (χ0n) is 13.8. The van der Waals surface area contributed by atoms with Crippen LogP contribution in [0, 0.1) is 0 Å². The molecule has 0 spiro atoms. The molecule has 2 amide bonds. The summed E-state index contributed by atoms with van der Waals surface area (Å²) in [4.78, 5) is 34.7. The summed E-state index contributed by atoms with van der Waals surface area (Å²) in [5, 5.41) is 11.2. The fraction of sp³-hybridized carbons (Fsp3) is 0.438. The number of rotatable bonds is 9. The zero-order valence-corrected chi connectivity index (χ0v) is 13.8. The Bertz CT molecular complexity index is 558. The summed E-state index contributed by atoms with van der Waals surface area (Å²) in [6.07, 6.45) is 0.415. The van der Waals surface area contributed by atoms with Crippen molar-refractivity contribution in [3.05, 3.63) is 29.8 Å². The summed E-state index contributed by atoms with van der Waals surface area (Å²) < 4.78 is 9.72. The molecule has 0 bridgehead atoms. The number of carboxylic acid groups (broad SMARTS) is 1. The topological polar surface area (TPSA) is 105 Å². The molecule has 0 atom stereocenters. The van der Waals surface area contributed by atoms with Gasteiger partial charge in [0.25, 0.3) is 0 Å². The Morgan fingerprint density at radius 3 is 2.46 bits per heavy atom. The first-order chi connectivity index (χ1) is 11.4. The minimum Gasteiger partial charge on any atom is -0.482 e. The maximum atomic E-state index is 11.9. The van der Waals surface area contributed by atoms with E-state index in [1.165, 1.54) is 12.0 Å². The fourth-order valence-corrected chi connectivity index (χ4v) is 1.81. The van der Waals surface area contributed by atoms with Crippen molar-refractivity contribution in [2.75, 3.05) is 27.3 Å². The lowest BCUT2D eigenvalue weighted by atomic mass is 10.2. The van der Waals surface area contributed by atoms with Crippen molar-refractivity contribution in [2.24, 2.45) is 0 Å². The van der Waals surface area contributed by atoms with E-state index < -0.39 is 11.9 Å². The van der Waals surface area contributed by atoms with Gasteiger partial charge in [0.2, 0.25) is 0 Å². The van der Waals surface area contributed by atoms with Crippen molar-refractivity contribution >= 4 is 18.0 Å². The number of urea groups is 1. The summed E-state index contributed by atoms with van der Waals surface area (Å²) >= 11 is 0. The van der Waals surface area contributed by atoms with Gasteiger partial charge in [0.05, 0.1) is 7.11 Å². The van der Waals surface area contributed by atoms with Crippen LogP contribution in [0.2, 0.25) is 0 Å². The molecule has 0 aliphatic carbocycles. The normalized spacial score (nSPS) is 9.92. The molecule has 0 heterocycles. The first-order valence-corrected chi connectivity index (χ1v) is 7.41. The van der Waals surface area contributed by atoms with Crippen molar-refractivity contribution in [3.8, 4) is 5.75 Å². The standard InChI is InChI=1S/C16H22N2O6/c1-18(16(22)17-9-3-4-14(19)20)10-12-5-7-13(8-6-12)24-11-15(21)23-2/h5-8H,3-4,9-11H2,1-2H3,(H,17,22)(H,19,20). The molecule has 8 nitrogen and oxygen atoms in total. The van der Waals surface area contributed by atoms with Gasteiger partial charge in [0.1, 0.15) is 5.75 Å². The third-order valence-electron chi connectivity index (χ3n) is 3.12. The molecule has 2 N–H and O–H groups in total. The van der Waals surface area contributed by atoms with Crippen LogP contribution in [0.3, 0.4) is 0 Å². The fourth-order valence-electron chi connectivity index (χ4n) is 1.81. The molecule has 132 valence electrons. The van der Waals surface area contributed by atoms with Crippen LogP contribution in [0.1, 0.15) is 18.4 Å². The summed E-state index contributed by atoms with van der Waals surface area (Å²) in [5.74, 6) is -0.810. The van der Waals surface area contributed by atoms with Gasteiger partial charge in [0, 0.05) is 26.6 Å². The van der Waals surface area contributed by atoms with Gasteiger partial charge in [0.15, 0.2) is 6.61 Å². The lowest BCUT2D eigenvalue weighted by Crippen LogP contribution is -2.37. The SMILES string of the molecule is COC(=O)COc1ccc(CN(C)C(=O)NCCCC(=O)O)cc1. The van der Waals surface area contributed by atoms with Crippen LogP contribution >= 0.6 is 0 Å². The number of ether oxygens (including phenoxy) is 2. The molecule has 1 aromatic rings. The van der Waals surface area contributed by atoms with Crippen molar-refractivity contribution in [1.29, 1.82) is 0 Å². The number of hydrogen-bond donors (Lipinski definition) is 2. The van der Waals surface area contributed by atoms with Gasteiger partial charge in [-0.05, 0) is 24.1 Å². The molecule has 24 heavy (non-hydrogen) atoms. The van der Waals surface area contributed by atoms with Crippen LogP contribution in [-0.4, -0.2) is 55.3 Å². The second-order valence-corrected chi connectivity index (χ2v) is 5.09. The minimum atomic E-state index is -0.882. The third-order valence-corrected chi connectivity index (χ3v) is 3.12. The molecular weight excluding hydrogens is 316 g/mol. The van der Waals surface area contributed by atoms with E-state index in [1.807, 2.05) is 0 Å². The zero-order chi connectivity index (χ0) is 17.9. The van der Waals surface area contributed by atoms with E-state index in [2.05, 4.69) is 10.1 Å². The highest BCUT2D eigenvalue weighted by Gasteiger charge is 2.09. The van der Waals surface area contributed by atoms with Gasteiger partial charge in [-0.3, -0.25) is 4.79 Å². The van der Waals surface area contributed by atoms with Crippen LogP contribution in [0.15, 0.2) is 24.3 Å². The van der Waals surface area contributed by atoms with E-state index >= 15 is 0 Å². The largest absolute Gasteiger partial charge is 0.482 e. The van der Waals surface area contributed by atoms with Crippen LogP contribution in [0.25, 0.3) is 0 Å². The number of carbonyl (C=O) groups excluding carboxylic acids is 2. The van der Waals surface area contributed by atoms with Crippen molar-refractivity contribution in [1.82, 2.24) is 10.2 Å². The number of carbonyl (C=O) groups is 3. The monoisotopic (exact) mass is 338 g/mol. The molecule has 0 fully saturated rings. The van der Waals surface area contributed by atoms with Gasteiger partial charge >= 0.3 is 18.0 Å². The third kappa shape index (κ3) is 7.48. The average Bonchev–Trinajstić information content (AvgIpc) is 2.57. The van der Waals surface area contributed by atoms with E-state index in [9.17, 15) is 14.4 Å². The van der Waals surface area contributed by atoms with Crippen molar-refractivity contribution < 1.29 is 29.0 Å². The number of methoxy groups -OCH3 is 1. The number of aliphatic carboxylic acids is 1. The number of nitrogens with zero attached hydrogens (tertiary/aromatic N) is 1. The quantitative estimate of drug-likeness (QED) is 0.518. The first kappa shape index (κ1) is 19.3. The van der Waals surface area contributed by atoms with Gasteiger partial charge in [-0.15, -0.1) is 0 Å². The molecule has 0 unspecified atom stereocenters. The highest BCUT2D eigenvalue weighted by molar-refractivity contribution is 5.74. The Kier molecular flexibility index (Phi) is 8.10. The van der Waals surface area contributed by atoms with Gasteiger partial charge in [-0.25, -0.2) is 9.59 Å². The number of carboxylic acids is 1. The molecule has 0 saturated carbocycles. The molecule has 1 aromatic carbocycles. The van der Waals surface area contributed by atoms with Gasteiger partial charge in [-0.2, -0.15) is 0 Å². The molecule has 8 heteroatoms. The van der Waals surface area contributed by atoms with Crippen molar-refractivity contribution in [3.63, 3.8) is 0 Å². The Morgan fingerprint density at radius 2 is 1.88 bits per heavy atom. The van der Waals surface area contributed by atoms with Crippen molar-refractivity contribution in [2.45, 2.75) is 19.4 Å². The Balaban J connectivity index is 2.37. The maximum Gasteiger partial charge on any atom is 0.343 e. The Morgan fingerprint density at radius 1 is 1.21 bits per heavy atom. The number of amides is 2. The molecule has 0 aliphatic rings. The second-order valence-electron chi connectivity index (χ2n) is 5.09. The number of hydrogen-bond acceptors (Lipinski definition) is 5. The van der Waals surface area contributed by atoms with Gasteiger partial charge < -0.3 is 24.8 Å². The number of benzene rings is 1. The van der Waals surface area contributed by atoms with Crippen LogP contribution in [0.4, 0.5) is 4.79 Å². The number of nitrogens with one attached hydrogen (secondary N) is 1. The van der Waals surface area contributed by atoms with E-state index in [-0.39, 0.29) is 19.1 Å². The van der Waals surface area contributed by atoms with E-state index in [0.717, 1.165) is 5.56 Å². The second kappa shape index (κ2) is 10.1. The molecule has 0 radical (unpaired) electrons. The average molecular weight is 338 g/mol. The van der Waals surface area contributed by atoms with E-state index in [4.69, 9.17) is 9.84 Å². The summed E-state index contributed by atoms with van der Waals surface area (Å²) in [5.41, 5.74) is 0.892. The highest BCUT2D eigenvalue weighted by atomic mass is 16.6. The number of esters is 1. The summed E-state index contributed by atoms with van der Waals surface area (Å²) in [6.45, 7) is 0.548. The van der Waals surface area contributed by atoms with Gasteiger partial charge in [-0.1, -0.05) is 12.1 Å². The lowest BCUT2D eigenvalue weighted by molar-refractivity contribution is -0.143. The Labute approximate surface area is 140 Å². The van der Waals surface area contributed by atoms with Crippen LogP contribution in [0.5, 0.6) is 5.75 Å². The van der Waals surface area contributed by atoms with E-state index in [0.29, 0.717) is 25.3 Å². The minimum absolute atomic E-state index is 0.0248. The molecular formula is C16H22N2O6. The maximum absolute atomic E-state index is 11.9.